The van der Waals surface area contributed by atoms with Gasteiger partial charge in [0, 0.05) is 40.3 Å². The van der Waals surface area contributed by atoms with Crippen molar-refractivity contribution in [1.29, 1.82) is 0 Å². The minimum atomic E-state index is -0.581. The number of rotatable bonds is 3. The zero-order valence-corrected chi connectivity index (χ0v) is 14.4. The van der Waals surface area contributed by atoms with Crippen molar-refractivity contribution in [3.63, 3.8) is 0 Å². The first-order valence-corrected chi connectivity index (χ1v) is 8.38. The Hall–Kier alpha value is -3.33. The number of carbonyl (C=O) groups excluding carboxylic acids is 1. The maximum Gasteiger partial charge on any atom is 0.161 e. The van der Waals surface area contributed by atoms with E-state index in [1.807, 2.05) is 0 Å². The third-order valence-corrected chi connectivity index (χ3v) is 5.00. The number of halogens is 1. The number of aromatic amines is 1. The Morgan fingerprint density at radius 3 is 2.73 bits per heavy atom. The number of nitrogens with zero attached hydrogens (tertiary/aromatic N) is 3. The van der Waals surface area contributed by atoms with Crippen LogP contribution in [0.25, 0.3) is 32.5 Å². The summed E-state index contributed by atoms with van der Waals surface area (Å²) in [6, 6.07) is 2.53. The Morgan fingerprint density at radius 1 is 1.23 bits per heavy atom. The van der Waals surface area contributed by atoms with Crippen molar-refractivity contribution >= 4 is 38.9 Å². The third-order valence-electron chi connectivity index (χ3n) is 4.11. The first kappa shape index (κ1) is 16.2. The fourth-order valence-corrected chi connectivity index (χ4v) is 3.69. The molecule has 0 aliphatic heterocycles. The van der Waals surface area contributed by atoms with Gasteiger partial charge in [0.25, 0.3) is 0 Å². The van der Waals surface area contributed by atoms with Gasteiger partial charge >= 0.3 is 0 Å². The van der Waals surface area contributed by atoms with Crippen LogP contribution in [0.5, 0.6) is 0 Å². The molecule has 7 nitrogen and oxygen atoms in total. The van der Waals surface area contributed by atoms with Gasteiger partial charge in [-0.05, 0) is 30.6 Å². The molecule has 0 aliphatic carbocycles. The summed E-state index contributed by atoms with van der Waals surface area (Å²) >= 11 is 1.20. The van der Waals surface area contributed by atoms with Gasteiger partial charge in [0.15, 0.2) is 5.78 Å². The van der Waals surface area contributed by atoms with Crippen molar-refractivity contribution in [2.24, 2.45) is 0 Å². The normalized spacial score (nSPS) is 11.2. The van der Waals surface area contributed by atoms with Crippen molar-refractivity contribution in [2.45, 2.75) is 6.92 Å². The van der Waals surface area contributed by atoms with Gasteiger partial charge in [-0.3, -0.25) is 14.9 Å². The lowest BCUT2D eigenvalue weighted by Gasteiger charge is -2.10. The molecule has 130 valence electrons. The highest BCUT2D eigenvalue weighted by Gasteiger charge is 2.21. The molecule has 0 fully saturated rings. The molecule has 0 atom stereocenters. The molecule has 9 heteroatoms. The zero-order chi connectivity index (χ0) is 18.4. The first-order valence-electron chi connectivity index (χ1n) is 7.60. The zero-order valence-electron chi connectivity index (χ0n) is 13.6. The molecule has 0 spiro atoms. The fraction of sp³-hybridized carbons (Fsp3) is 0.0588. The Balaban J connectivity index is 2.03. The average Bonchev–Trinajstić information content (AvgIpc) is 3.25. The highest BCUT2D eigenvalue weighted by molar-refractivity contribution is 7.14. The molecule has 0 saturated heterocycles. The standard InChI is InChI=1S/C17H13FN6OS/c1-7(25)9-2-10(12(18)3-13(9)19)15-14-16(26-24-17(14)20)11(6-21-15)8-4-22-23-5-8/h2-6H,19H2,1H3,(H2,20,24)(H,22,23). The number of Topliss-reactive ketones (excluding diaryl/α,β-unsaturated/α-hetero) is 1. The van der Waals surface area contributed by atoms with Gasteiger partial charge in [-0.15, -0.1) is 0 Å². The van der Waals surface area contributed by atoms with Gasteiger partial charge in [0.2, 0.25) is 0 Å². The highest BCUT2D eigenvalue weighted by Crippen LogP contribution is 2.40. The molecule has 4 aromatic rings. The van der Waals surface area contributed by atoms with E-state index in [1.54, 1.807) is 18.6 Å². The summed E-state index contributed by atoms with van der Waals surface area (Å²) in [6.07, 6.45) is 5.00. The van der Waals surface area contributed by atoms with Crippen LogP contribution in [-0.4, -0.2) is 25.3 Å². The molecule has 4 rings (SSSR count). The summed E-state index contributed by atoms with van der Waals surface area (Å²) in [7, 11) is 0. The number of H-pyrrole nitrogens is 1. The smallest absolute Gasteiger partial charge is 0.161 e. The molecule has 1 aromatic carbocycles. The highest BCUT2D eigenvalue weighted by atomic mass is 32.1. The predicted molar refractivity (Wildman–Crippen MR) is 99.2 cm³/mol. The van der Waals surface area contributed by atoms with Crippen LogP contribution in [0.4, 0.5) is 15.9 Å². The second-order valence-electron chi connectivity index (χ2n) is 5.75. The van der Waals surface area contributed by atoms with E-state index in [-0.39, 0.29) is 28.4 Å². The Labute approximate surface area is 151 Å². The molecule has 26 heavy (non-hydrogen) atoms. The van der Waals surface area contributed by atoms with Crippen LogP contribution in [0.3, 0.4) is 0 Å². The summed E-state index contributed by atoms with van der Waals surface area (Å²) in [5, 5.41) is 7.22. The molecule has 3 heterocycles. The Kier molecular flexibility index (Phi) is 3.66. The number of ketones is 1. The lowest BCUT2D eigenvalue weighted by Crippen LogP contribution is -2.03. The van der Waals surface area contributed by atoms with Gasteiger partial charge in [-0.1, -0.05) is 0 Å². The van der Waals surface area contributed by atoms with E-state index < -0.39 is 5.82 Å². The maximum absolute atomic E-state index is 14.6. The number of hydrogen-bond acceptors (Lipinski definition) is 7. The van der Waals surface area contributed by atoms with E-state index >= 15 is 0 Å². The quantitative estimate of drug-likeness (QED) is 0.377. The molecule has 3 aromatic heterocycles. The number of aromatic nitrogens is 4. The van der Waals surface area contributed by atoms with Gasteiger partial charge in [-0.2, -0.15) is 9.47 Å². The van der Waals surface area contributed by atoms with Crippen LogP contribution in [0.1, 0.15) is 17.3 Å². The molecule has 0 bridgehead atoms. The van der Waals surface area contributed by atoms with E-state index in [0.29, 0.717) is 11.1 Å². The van der Waals surface area contributed by atoms with Crippen LogP contribution in [0.15, 0.2) is 30.7 Å². The van der Waals surface area contributed by atoms with Crippen molar-refractivity contribution in [2.75, 3.05) is 11.5 Å². The average molecular weight is 368 g/mol. The monoisotopic (exact) mass is 368 g/mol. The second kappa shape index (κ2) is 5.88. The summed E-state index contributed by atoms with van der Waals surface area (Å²) < 4.78 is 19.6. The number of nitrogen functional groups attached to an aromatic ring is 2. The molecule has 0 saturated carbocycles. The molecule has 5 N–H and O–H groups in total. The number of carbonyl (C=O) groups is 1. The van der Waals surface area contributed by atoms with E-state index in [1.165, 1.54) is 24.5 Å². The van der Waals surface area contributed by atoms with E-state index in [2.05, 4.69) is 19.6 Å². The topological polar surface area (TPSA) is 124 Å². The van der Waals surface area contributed by atoms with Crippen molar-refractivity contribution in [3.05, 3.63) is 42.1 Å². The van der Waals surface area contributed by atoms with Gasteiger partial charge in [0.05, 0.1) is 22.0 Å². The molecular weight excluding hydrogens is 355 g/mol. The molecule has 0 unspecified atom stereocenters. The van der Waals surface area contributed by atoms with E-state index in [9.17, 15) is 9.18 Å². The largest absolute Gasteiger partial charge is 0.398 e. The Morgan fingerprint density at radius 2 is 2.04 bits per heavy atom. The van der Waals surface area contributed by atoms with Crippen LogP contribution in [0.2, 0.25) is 0 Å². The first-order chi connectivity index (χ1) is 12.5. The van der Waals surface area contributed by atoms with E-state index in [4.69, 9.17) is 11.5 Å². The number of nitrogens with one attached hydrogen (secondary N) is 1. The minimum absolute atomic E-state index is 0.0847. The Bertz CT molecular complexity index is 1150. The van der Waals surface area contributed by atoms with Gasteiger partial charge in [-0.25, -0.2) is 4.39 Å². The lowest BCUT2D eigenvalue weighted by molar-refractivity contribution is 0.101. The molecule has 0 amide bonds. The van der Waals surface area contributed by atoms with Crippen LogP contribution >= 0.6 is 11.5 Å². The number of hydrogen-bond donors (Lipinski definition) is 3. The molecule has 0 radical (unpaired) electrons. The number of benzene rings is 1. The van der Waals surface area contributed by atoms with Crippen molar-refractivity contribution < 1.29 is 9.18 Å². The van der Waals surface area contributed by atoms with Gasteiger partial charge < -0.3 is 11.5 Å². The van der Waals surface area contributed by atoms with Crippen molar-refractivity contribution in [3.8, 4) is 22.4 Å². The SMILES string of the molecule is CC(=O)c1cc(-c2ncc(-c3cn[nH]c3)c3snc(N)c23)c(F)cc1N. The summed E-state index contributed by atoms with van der Waals surface area (Å²) in [5.41, 5.74) is 14.2. The lowest BCUT2D eigenvalue weighted by atomic mass is 9.99. The molecular formula is C17H13FN6OS. The summed E-state index contributed by atoms with van der Waals surface area (Å²) in [6.45, 7) is 1.37. The predicted octanol–water partition coefficient (Wildman–Crippen LogP) is 3.25. The number of nitrogens with two attached hydrogens (primary N) is 2. The van der Waals surface area contributed by atoms with Crippen molar-refractivity contribution in [1.82, 2.24) is 19.6 Å². The number of pyridine rings is 1. The fourth-order valence-electron chi connectivity index (χ4n) is 2.85. The summed E-state index contributed by atoms with van der Waals surface area (Å²) in [4.78, 5) is 16.2. The summed E-state index contributed by atoms with van der Waals surface area (Å²) in [5.74, 6) is -0.590. The molecule has 0 aliphatic rings. The minimum Gasteiger partial charge on any atom is -0.398 e. The van der Waals surface area contributed by atoms with Crippen LogP contribution in [0, 0.1) is 5.82 Å². The third kappa shape index (κ3) is 2.40. The van der Waals surface area contributed by atoms with E-state index in [0.717, 1.165) is 21.9 Å². The maximum atomic E-state index is 14.6. The van der Waals surface area contributed by atoms with Crippen LogP contribution in [-0.2, 0) is 0 Å². The number of fused-ring (bicyclic) bond motifs is 1. The number of anilines is 2. The van der Waals surface area contributed by atoms with Gasteiger partial charge in [0.1, 0.15) is 11.6 Å². The van der Waals surface area contributed by atoms with Crippen LogP contribution < -0.4 is 11.5 Å². The second-order valence-corrected chi connectivity index (χ2v) is 6.53.